The molecule has 10 nitrogen and oxygen atoms in total. The minimum atomic E-state index is -4.79. The Labute approximate surface area is 140 Å². The summed E-state index contributed by atoms with van der Waals surface area (Å²) in [5, 5.41) is 3.85. The van der Waals surface area contributed by atoms with Crippen LogP contribution in [0.5, 0.6) is 0 Å². The normalized spacial score (nSPS) is 31.0. The highest BCUT2D eigenvalue weighted by molar-refractivity contribution is 7.80. The van der Waals surface area contributed by atoms with Crippen LogP contribution in [0.15, 0.2) is 0 Å². The number of amides is 2. The summed E-state index contributed by atoms with van der Waals surface area (Å²) in [6.07, 6.45) is 3.01. The highest BCUT2D eigenvalue weighted by Gasteiger charge is 2.50. The Morgan fingerprint density at radius 2 is 2.00 bits per heavy atom. The summed E-state index contributed by atoms with van der Waals surface area (Å²) >= 11 is 0. The van der Waals surface area contributed by atoms with E-state index in [2.05, 4.69) is 9.60 Å². The molecule has 2 amide bonds. The Bertz CT molecular complexity index is 603. The molecule has 24 heavy (non-hydrogen) atoms. The van der Waals surface area contributed by atoms with Crippen molar-refractivity contribution in [2.45, 2.75) is 50.3 Å². The lowest BCUT2D eigenvalue weighted by molar-refractivity contribution is -0.155. The van der Waals surface area contributed by atoms with Crippen molar-refractivity contribution < 1.29 is 31.6 Å². The second-order valence-corrected chi connectivity index (χ2v) is 7.25. The summed E-state index contributed by atoms with van der Waals surface area (Å²) in [5.74, 6) is -0.470. The van der Waals surface area contributed by atoms with E-state index in [1.807, 2.05) is 0 Å². The van der Waals surface area contributed by atoms with Crippen LogP contribution >= 0.6 is 0 Å². The van der Waals surface area contributed by atoms with E-state index in [0.717, 1.165) is 32.4 Å². The minimum absolute atomic E-state index is 0.167. The monoisotopic (exact) mass is 363 g/mol. The fourth-order valence-corrected chi connectivity index (χ4v) is 3.81. The van der Waals surface area contributed by atoms with Gasteiger partial charge >= 0.3 is 22.4 Å². The first-order valence-electron chi connectivity index (χ1n) is 8.03. The molecule has 3 aliphatic rings. The molecule has 0 aromatic carbocycles. The summed E-state index contributed by atoms with van der Waals surface area (Å²) in [7, 11) is -4.79. The largest absolute Gasteiger partial charge is 0.461 e. The summed E-state index contributed by atoms with van der Waals surface area (Å²) in [5.41, 5.74) is 0. The number of hydrogen-bond donors (Lipinski definition) is 2. The van der Waals surface area contributed by atoms with Gasteiger partial charge in [0.15, 0.2) is 0 Å². The Morgan fingerprint density at radius 3 is 2.75 bits per heavy atom. The summed E-state index contributed by atoms with van der Waals surface area (Å²) < 4.78 is 40.4. The van der Waals surface area contributed by atoms with Gasteiger partial charge in [0, 0.05) is 6.54 Å². The van der Waals surface area contributed by atoms with Crippen LogP contribution in [0.3, 0.4) is 0 Å². The van der Waals surface area contributed by atoms with Gasteiger partial charge in [-0.15, -0.1) is 4.28 Å². The van der Waals surface area contributed by atoms with Crippen molar-refractivity contribution in [3.8, 4) is 0 Å². The van der Waals surface area contributed by atoms with Crippen LogP contribution in [0, 0.1) is 0 Å². The van der Waals surface area contributed by atoms with E-state index in [1.165, 1.54) is 4.90 Å². The lowest BCUT2D eigenvalue weighted by atomic mass is 10.0. The molecule has 0 aromatic heterocycles. The number of hydrogen-bond acceptors (Lipinski definition) is 7. The average molecular weight is 363 g/mol. The number of rotatable bonds is 4. The zero-order valence-corrected chi connectivity index (χ0v) is 13.9. The molecule has 136 valence electrons. The predicted molar refractivity (Wildman–Crippen MR) is 80.0 cm³/mol. The van der Waals surface area contributed by atoms with Crippen molar-refractivity contribution in [2.75, 3.05) is 19.6 Å². The molecule has 3 saturated heterocycles. The Hall–Kier alpha value is -1.43. The summed E-state index contributed by atoms with van der Waals surface area (Å²) in [4.78, 5) is 25.9. The summed E-state index contributed by atoms with van der Waals surface area (Å²) in [6, 6.07) is -2.01. The predicted octanol–water partition coefficient (Wildman–Crippen LogP) is -0.325. The highest BCUT2D eigenvalue weighted by atomic mass is 32.3. The van der Waals surface area contributed by atoms with E-state index in [1.54, 1.807) is 0 Å². The topological polar surface area (TPSA) is 125 Å². The molecule has 11 heteroatoms. The van der Waals surface area contributed by atoms with Crippen molar-refractivity contribution in [3.05, 3.63) is 0 Å². The molecule has 2 bridgehead atoms. The van der Waals surface area contributed by atoms with Crippen molar-refractivity contribution in [2.24, 2.45) is 0 Å². The smallest absolute Gasteiger partial charge is 0.418 e. The maximum atomic E-state index is 12.4. The number of nitrogens with zero attached hydrogens (tertiary/aromatic N) is 2. The minimum Gasteiger partial charge on any atom is -0.461 e. The van der Waals surface area contributed by atoms with Crippen LogP contribution in [0.25, 0.3) is 0 Å². The van der Waals surface area contributed by atoms with Crippen LogP contribution < -0.4 is 5.32 Å². The molecular formula is C13H21N3O7S. The van der Waals surface area contributed by atoms with Crippen LogP contribution in [0.2, 0.25) is 0 Å². The maximum Gasteiger partial charge on any atom is 0.418 e. The van der Waals surface area contributed by atoms with Crippen molar-refractivity contribution in [1.29, 1.82) is 0 Å². The first-order valence-corrected chi connectivity index (χ1v) is 9.40. The number of carbonyl (C=O) groups is 2. The van der Waals surface area contributed by atoms with Gasteiger partial charge in [-0.25, -0.2) is 9.59 Å². The third-order valence-corrected chi connectivity index (χ3v) is 4.92. The quantitative estimate of drug-likeness (QED) is 0.514. The molecule has 3 aliphatic heterocycles. The zero-order valence-electron chi connectivity index (χ0n) is 13.1. The molecule has 0 aliphatic carbocycles. The highest BCUT2D eigenvalue weighted by Crippen LogP contribution is 2.31. The van der Waals surface area contributed by atoms with E-state index in [9.17, 15) is 18.0 Å². The Kier molecular flexibility index (Phi) is 4.95. The van der Waals surface area contributed by atoms with Gasteiger partial charge in [-0.1, -0.05) is 0 Å². The van der Waals surface area contributed by atoms with Gasteiger partial charge < -0.3 is 15.0 Å². The number of hydroxylamine groups is 2. The van der Waals surface area contributed by atoms with Crippen LogP contribution in [-0.2, 0) is 24.2 Å². The van der Waals surface area contributed by atoms with Gasteiger partial charge in [0.1, 0.15) is 12.1 Å². The summed E-state index contributed by atoms with van der Waals surface area (Å²) in [6.45, 7) is 1.84. The van der Waals surface area contributed by atoms with Gasteiger partial charge in [-0.3, -0.25) is 4.55 Å². The second-order valence-electron chi connectivity index (χ2n) is 6.25. The lowest BCUT2D eigenvalue weighted by Crippen LogP contribution is -2.46. The third kappa shape index (κ3) is 3.79. The molecule has 3 rings (SSSR count). The van der Waals surface area contributed by atoms with Crippen molar-refractivity contribution in [1.82, 2.24) is 15.3 Å². The molecule has 3 heterocycles. The maximum absolute atomic E-state index is 12.4. The van der Waals surface area contributed by atoms with Gasteiger partial charge in [0.05, 0.1) is 6.04 Å². The van der Waals surface area contributed by atoms with Crippen LogP contribution in [0.1, 0.15) is 32.1 Å². The van der Waals surface area contributed by atoms with Crippen LogP contribution in [0.4, 0.5) is 4.79 Å². The molecular weight excluding hydrogens is 342 g/mol. The molecule has 3 fully saturated rings. The zero-order chi connectivity index (χ0) is 17.3. The van der Waals surface area contributed by atoms with Gasteiger partial charge in [-0.2, -0.15) is 13.5 Å². The average Bonchev–Trinajstić information content (AvgIpc) is 2.72. The number of piperidine rings is 1. The fraction of sp³-hybridized carbons (Fsp3) is 0.846. The van der Waals surface area contributed by atoms with Gasteiger partial charge in [-0.05, 0) is 45.2 Å². The standard InChI is InChI=1S/C13H21N3O7S/c17-12(22-10-2-1-6-14-7-5-10)11-4-3-9-8-15(11)13(18)16(9)23-24(19,20)21/h9-11,14H,1-8H2,(H,19,20,21)/t9-,10-,11+/m1/s1. The molecule has 0 saturated carbocycles. The van der Waals surface area contributed by atoms with Gasteiger partial charge in [0.2, 0.25) is 0 Å². The van der Waals surface area contributed by atoms with E-state index >= 15 is 0 Å². The molecule has 0 unspecified atom stereocenters. The lowest BCUT2D eigenvalue weighted by Gasteiger charge is -2.29. The number of nitrogens with one attached hydrogen (secondary N) is 1. The van der Waals surface area contributed by atoms with E-state index in [4.69, 9.17) is 9.29 Å². The number of carbonyl (C=O) groups excluding carboxylic acids is 2. The van der Waals surface area contributed by atoms with E-state index < -0.39 is 34.5 Å². The van der Waals surface area contributed by atoms with Gasteiger partial charge in [0.25, 0.3) is 0 Å². The molecule has 0 spiro atoms. The Morgan fingerprint density at radius 1 is 1.21 bits per heavy atom. The van der Waals surface area contributed by atoms with Crippen molar-refractivity contribution in [3.63, 3.8) is 0 Å². The fourth-order valence-electron chi connectivity index (χ4n) is 3.42. The number of ether oxygens (including phenoxy) is 1. The molecule has 2 N–H and O–H groups in total. The van der Waals surface area contributed by atoms with E-state index in [0.29, 0.717) is 17.9 Å². The number of esters is 1. The first-order chi connectivity index (χ1) is 11.3. The van der Waals surface area contributed by atoms with Crippen LogP contribution in [-0.4, -0.2) is 72.8 Å². The number of urea groups is 1. The SMILES string of the molecule is O=C(O[C@@H]1CCCNCC1)[C@@H]1CC[C@@H]2CN1C(=O)N2OS(=O)(=O)O. The first kappa shape index (κ1) is 17.4. The molecule has 0 radical (unpaired) electrons. The number of fused-ring (bicyclic) bond motifs is 2. The molecule has 0 aromatic rings. The Balaban J connectivity index is 1.63. The second kappa shape index (κ2) is 6.82. The third-order valence-electron chi connectivity index (χ3n) is 4.58. The van der Waals surface area contributed by atoms with Crippen molar-refractivity contribution >= 4 is 22.4 Å². The molecule has 3 atom stereocenters. The van der Waals surface area contributed by atoms with E-state index in [-0.39, 0.29) is 12.6 Å².